The predicted octanol–water partition coefficient (Wildman–Crippen LogP) is 3.54. The fourth-order valence-electron chi connectivity index (χ4n) is 6.03. The van der Waals surface area contributed by atoms with Crippen LogP contribution in [0.15, 0.2) is 41.7 Å². The van der Waals surface area contributed by atoms with Gasteiger partial charge in [-0.05, 0) is 60.4 Å². The van der Waals surface area contributed by atoms with Crippen LogP contribution in [-0.4, -0.2) is 30.8 Å². The standard InChI is InChI=1S/C24H26N4O2/c1-15-9-23(6-5-21(15)29-2)10-18-4-3-17(19-7-16(11-25)12-27-13-19)8-20(18)24(23)14-30-22(26)28-24/h3-4,7-8,12-13,15,21H,5-6,9-10,14H2,1-2H3,(H2,26,28)/t15-,21-,23-,24-/m0/s1. The Morgan fingerprint density at radius 1 is 1.27 bits per heavy atom. The van der Waals surface area contributed by atoms with Crippen LogP contribution < -0.4 is 5.73 Å². The first kappa shape index (κ1) is 19.1. The van der Waals surface area contributed by atoms with E-state index in [1.807, 2.05) is 13.2 Å². The number of amidine groups is 1. The Balaban J connectivity index is 1.62. The van der Waals surface area contributed by atoms with E-state index in [0.717, 1.165) is 36.8 Å². The summed E-state index contributed by atoms with van der Waals surface area (Å²) in [7, 11) is 1.81. The number of pyridine rings is 1. The molecule has 2 aliphatic carbocycles. The van der Waals surface area contributed by atoms with Gasteiger partial charge in [-0.15, -0.1) is 0 Å². The zero-order chi connectivity index (χ0) is 20.9. The molecular formula is C24H26N4O2. The van der Waals surface area contributed by atoms with Gasteiger partial charge in [0.15, 0.2) is 0 Å². The van der Waals surface area contributed by atoms with Crippen LogP contribution in [0.4, 0.5) is 0 Å². The fourth-order valence-corrected chi connectivity index (χ4v) is 6.03. The largest absolute Gasteiger partial charge is 0.462 e. The number of ether oxygens (including phenoxy) is 2. The number of nitrogens with zero attached hydrogens (tertiary/aromatic N) is 3. The summed E-state index contributed by atoms with van der Waals surface area (Å²) in [6.45, 7) is 2.76. The van der Waals surface area contributed by atoms with Crippen LogP contribution in [0.2, 0.25) is 0 Å². The van der Waals surface area contributed by atoms with Crippen LogP contribution in [0.5, 0.6) is 0 Å². The summed E-state index contributed by atoms with van der Waals surface area (Å²) < 4.78 is 11.5. The van der Waals surface area contributed by atoms with E-state index in [1.54, 1.807) is 12.4 Å². The average molecular weight is 402 g/mol. The van der Waals surface area contributed by atoms with Gasteiger partial charge in [-0.3, -0.25) is 4.98 Å². The Hall–Kier alpha value is -2.91. The summed E-state index contributed by atoms with van der Waals surface area (Å²) in [5.74, 6) is 0.447. The second kappa shape index (κ2) is 6.82. The predicted molar refractivity (Wildman–Crippen MR) is 114 cm³/mol. The second-order valence-corrected chi connectivity index (χ2v) is 9.00. The summed E-state index contributed by atoms with van der Waals surface area (Å²) >= 11 is 0. The Morgan fingerprint density at radius 3 is 2.83 bits per heavy atom. The molecule has 2 aromatic rings. The van der Waals surface area contributed by atoms with Crippen LogP contribution in [-0.2, 0) is 21.4 Å². The van der Waals surface area contributed by atoms with Crippen molar-refractivity contribution in [3.63, 3.8) is 0 Å². The van der Waals surface area contributed by atoms with Crippen molar-refractivity contribution >= 4 is 6.02 Å². The lowest BCUT2D eigenvalue weighted by Crippen LogP contribution is -2.48. The van der Waals surface area contributed by atoms with E-state index < -0.39 is 5.54 Å². The second-order valence-electron chi connectivity index (χ2n) is 9.00. The maximum absolute atomic E-state index is 9.24. The van der Waals surface area contributed by atoms with Gasteiger partial charge in [0.25, 0.3) is 6.02 Å². The highest BCUT2D eigenvalue weighted by molar-refractivity contribution is 5.76. The van der Waals surface area contributed by atoms with Gasteiger partial charge in [0.05, 0.1) is 11.7 Å². The minimum absolute atomic E-state index is 0.0176. The van der Waals surface area contributed by atoms with Crippen molar-refractivity contribution < 1.29 is 9.47 Å². The summed E-state index contributed by atoms with van der Waals surface area (Å²) in [6, 6.07) is 10.9. The monoisotopic (exact) mass is 402 g/mol. The third-order valence-corrected chi connectivity index (χ3v) is 7.45. The van der Waals surface area contributed by atoms with Crippen molar-refractivity contribution in [2.75, 3.05) is 13.7 Å². The third-order valence-electron chi connectivity index (χ3n) is 7.45. The summed E-state index contributed by atoms with van der Waals surface area (Å²) in [6.07, 6.45) is 7.72. The van der Waals surface area contributed by atoms with E-state index in [9.17, 15) is 5.26 Å². The van der Waals surface area contributed by atoms with Crippen molar-refractivity contribution in [1.82, 2.24) is 4.98 Å². The molecule has 30 heavy (non-hydrogen) atoms. The number of benzene rings is 1. The lowest BCUT2D eigenvalue weighted by Gasteiger charge is -2.47. The SMILES string of the molecule is CO[C@H]1CC[C@@]2(Cc3ccc(-c4cncc(C#N)c4)cc3[C@@]23COC(N)=N3)C[C@@H]1C. The maximum atomic E-state index is 9.24. The van der Waals surface area contributed by atoms with E-state index in [0.29, 0.717) is 18.1 Å². The van der Waals surface area contributed by atoms with Crippen LogP contribution in [0.25, 0.3) is 11.1 Å². The van der Waals surface area contributed by atoms with Crippen molar-refractivity contribution in [2.24, 2.45) is 22.1 Å². The zero-order valence-corrected chi connectivity index (χ0v) is 17.4. The minimum atomic E-state index is -0.463. The number of rotatable bonds is 2. The molecule has 1 aromatic carbocycles. The third kappa shape index (κ3) is 2.65. The molecule has 4 atom stereocenters. The molecule has 3 aliphatic rings. The molecule has 0 saturated heterocycles. The Labute approximate surface area is 176 Å². The molecule has 5 rings (SSSR count). The molecule has 1 aromatic heterocycles. The molecule has 0 amide bonds. The molecule has 2 N–H and O–H groups in total. The first-order chi connectivity index (χ1) is 14.5. The van der Waals surface area contributed by atoms with E-state index >= 15 is 0 Å². The lowest BCUT2D eigenvalue weighted by molar-refractivity contribution is -0.0445. The van der Waals surface area contributed by atoms with Crippen molar-refractivity contribution in [1.29, 1.82) is 5.26 Å². The van der Waals surface area contributed by atoms with Gasteiger partial charge < -0.3 is 15.2 Å². The van der Waals surface area contributed by atoms with Gasteiger partial charge in [0.1, 0.15) is 18.2 Å². The van der Waals surface area contributed by atoms with Gasteiger partial charge in [0.2, 0.25) is 0 Å². The highest BCUT2D eigenvalue weighted by Gasteiger charge is 2.62. The highest BCUT2D eigenvalue weighted by Crippen LogP contribution is 2.62. The topological polar surface area (TPSA) is 93.5 Å². The normalized spacial score (nSPS) is 32.0. The number of methoxy groups -OCH3 is 1. The summed E-state index contributed by atoms with van der Waals surface area (Å²) in [4.78, 5) is 9.18. The van der Waals surface area contributed by atoms with Crippen LogP contribution in [0.1, 0.15) is 42.9 Å². The average Bonchev–Trinajstić information content (AvgIpc) is 3.27. The smallest absolute Gasteiger partial charge is 0.283 e. The zero-order valence-electron chi connectivity index (χ0n) is 17.4. The number of fused-ring (bicyclic) bond motifs is 3. The van der Waals surface area contributed by atoms with Crippen LogP contribution in [0.3, 0.4) is 0 Å². The van der Waals surface area contributed by atoms with Gasteiger partial charge in [0, 0.05) is 30.5 Å². The van der Waals surface area contributed by atoms with E-state index in [-0.39, 0.29) is 17.5 Å². The molecule has 6 nitrogen and oxygen atoms in total. The van der Waals surface area contributed by atoms with Gasteiger partial charge in [-0.1, -0.05) is 19.1 Å². The first-order valence-electron chi connectivity index (χ1n) is 10.5. The number of nitrogens with two attached hydrogens (primary N) is 1. The van der Waals surface area contributed by atoms with Crippen molar-refractivity contribution in [3.8, 4) is 17.2 Å². The molecule has 0 radical (unpaired) electrons. The Kier molecular flexibility index (Phi) is 4.33. The van der Waals surface area contributed by atoms with Crippen molar-refractivity contribution in [2.45, 2.75) is 44.2 Å². The summed E-state index contributed by atoms with van der Waals surface area (Å²) in [5, 5.41) is 9.24. The van der Waals surface area contributed by atoms with Gasteiger partial charge in [-0.25, -0.2) is 4.99 Å². The quantitative estimate of drug-likeness (QED) is 0.829. The lowest BCUT2D eigenvalue weighted by atomic mass is 9.59. The van der Waals surface area contributed by atoms with E-state index in [4.69, 9.17) is 20.2 Å². The van der Waals surface area contributed by atoms with Crippen molar-refractivity contribution in [3.05, 3.63) is 53.3 Å². The molecule has 0 bridgehead atoms. The number of aromatic nitrogens is 1. The molecule has 1 fully saturated rings. The molecule has 0 unspecified atom stereocenters. The number of aliphatic imine (C=N–C) groups is 1. The molecule has 1 aliphatic heterocycles. The Morgan fingerprint density at radius 2 is 2.13 bits per heavy atom. The molecule has 1 saturated carbocycles. The van der Waals surface area contributed by atoms with Crippen LogP contribution in [0, 0.1) is 22.7 Å². The fraction of sp³-hybridized carbons (Fsp3) is 0.458. The maximum Gasteiger partial charge on any atom is 0.283 e. The molecular weight excluding hydrogens is 376 g/mol. The van der Waals surface area contributed by atoms with E-state index in [2.05, 4.69) is 36.2 Å². The molecule has 2 spiro atoms. The Bertz CT molecular complexity index is 1080. The minimum Gasteiger partial charge on any atom is -0.462 e. The molecule has 154 valence electrons. The number of hydrogen-bond donors (Lipinski definition) is 1. The summed E-state index contributed by atoms with van der Waals surface area (Å²) in [5.41, 5.74) is 10.6. The molecule has 6 heteroatoms. The van der Waals surface area contributed by atoms with Gasteiger partial charge >= 0.3 is 0 Å². The first-order valence-corrected chi connectivity index (χ1v) is 10.5. The van der Waals surface area contributed by atoms with Gasteiger partial charge in [-0.2, -0.15) is 5.26 Å². The highest BCUT2D eigenvalue weighted by atomic mass is 16.5. The number of hydrogen-bond acceptors (Lipinski definition) is 6. The molecule has 2 heterocycles. The van der Waals surface area contributed by atoms with Crippen LogP contribution >= 0.6 is 0 Å². The van der Waals surface area contributed by atoms with E-state index in [1.165, 1.54) is 11.1 Å². The number of nitriles is 1.